The molecule has 0 bridgehead atoms. The number of ether oxygens (including phenoxy) is 2. The van der Waals surface area contributed by atoms with Crippen molar-refractivity contribution in [1.29, 1.82) is 0 Å². The number of aromatic nitrogens is 3. The summed E-state index contributed by atoms with van der Waals surface area (Å²) in [5.74, 6) is -0.733. The van der Waals surface area contributed by atoms with Crippen LogP contribution in [0.1, 0.15) is 0 Å². The molecule has 0 atom stereocenters. The molecule has 0 radical (unpaired) electrons. The van der Waals surface area contributed by atoms with E-state index in [4.69, 9.17) is 9.47 Å². The lowest BCUT2D eigenvalue weighted by Crippen LogP contribution is -2.15. The summed E-state index contributed by atoms with van der Waals surface area (Å²) in [6.07, 6.45) is 1.59. The number of nitrogens with zero attached hydrogens (tertiary/aromatic N) is 3. The van der Waals surface area contributed by atoms with Gasteiger partial charge in [-0.1, -0.05) is 0 Å². The van der Waals surface area contributed by atoms with Crippen LogP contribution in [-0.4, -0.2) is 37.4 Å². The van der Waals surface area contributed by atoms with Gasteiger partial charge in [0.05, 0.1) is 14.2 Å². The van der Waals surface area contributed by atoms with Crippen molar-refractivity contribution in [3.8, 4) is 11.5 Å². The van der Waals surface area contributed by atoms with Gasteiger partial charge >= 0.3 is 0 Å². The zero-order chi connectivity index (χ0) is 20.3. The first-order valence-electron chi connectivity index (χ1n) is 7.90. The second kappa shape index (κ2) is 8.07. The SMILES string of the molecule is COc1cc(F)c(S(=O)(=O)Nc2ccc(Sc3nncn3C)cc2)cc1OC. The molecule has 0 saturated carbocycles. The number of methoxy groups -OCH3 is 2. The standard InChI is InChI=1S/C17H17FN4O4S2/c1-22-10-19-20-17(22)27-12-6-4-11(5-7-12)21-28(23,24)16-9-15(26-3)14(25-2)8-13(16)18/h4-10,21H,1-3H3. The van der Waals surface area contributed by atoms with Gasteiger partial charge in [0, 0.05) is 29.8 Å². The van der Waals surface area contributed by atoms with E-state index in [1.807, 2.05) is 7.05 Å². The smallest absolute Gasteiger partial charge is 0.264 e. The Morgan fingerprint density at radius 2 is 1.75 bits per heavy atom. The van der Waals surface area contributed by atoms with Gasteiger partial charge in [0.25, 0.3) is 10.0 Å². The fourth-order valence-corrected chi connectivity index (χ4v) is 4.21. The lowest BCUT2D eigenvalue weighted by atomic mass is 10.3. The topological polar surface area (TPSA) is 95.3 Å². The van der Waals surface area contributed by atoms with Gasteiger partial charge < -0.3 is 14.0 Å². The molecule has 0 unspecified atom stereocenters. The van der Waals surface area contributed by atoms with Gasteiger partial charge in [0.1, 0.15) is 17.0 Å². The normalized spacial score (nSPS) is 11.3. The van der Waals surface area contributed by atoms with Crippen molar-refractivity contribution in [2.24, 2.45) is 7.05 Å². The first kappa shape index (κ1) is 20.0. The number of anilines is 1. The highest BCUT2D eigenvalue weighted by atomic mass is 32.2. The van der Waals surface area contributed by atoms with Crippen LogP contribution in [0.2, 0.25) is 0 Å². The van der Waals surface area contributed by atoms with E-state index >= 15 is 0 Å². The Morgan fingerprint density at radius 3 is 2.32 bits per heavy atom. The molecular weight excluding hydrogens is 407 g/mol. The molecule has 0 aliphatic rings. The van der Waals surface area contributed by atoms with Crippen molar-refractivity contribution in [2.75, 3.05) is 18.9 Å². The molecule has 8 nitrogen and oxygen atoms in total. The maximum absolute atomic E-state index is 14.3. The Labute approximate surface area is 165 Å². The minimum Gasteiger partial charge on any atom is -0.493 e. The summed E-state index contributed by atoms with van der Waals surface area (Å²) in [7, 11) is 0.335. The third kappa shape index (κ3) is 4.20. The maximum Gasteiger partial charge on any atom is 0.264 e. The van der Waals surface area contributed by atoms with Gasteiger partial charge in [0.15, 0.2) is 16.7 Å². The summed E-state index contributed by atoms with van der Waals surface area (Å²) in [6.45, 7) is 0. The molecule has 1 heterocycles. The highest BCUT2D eigenvalue weighted by Gasteiger charge is 2.23. The second-order valence-corrected chi connectivity index (χ2v) is 8.29. The molecule has 11 heteroatoms. The predicted molar refractivity (Wildman–Crippen MR) is 102 cm³/mol. The molecule has 3 rings (SSSR count). The number of sulfonamides is 1. The summed E-state index contributed by atoms with van der Waals surface area (Å²) in [4.78, 5) is 0.305. The third-order valence-electron chi connectivity index (χ3n) is 3.71. The van der Waals surface area contributed by atoms with Crippen molar-refractivity contribution in [1.82, 2.24) is 14.8 Å². The fraction of sp³-hybridized carbons (Fsp3) is 0.176. The van der Waals surface area contributed by atoms with E-state index in [-0.39, 0.29) is 17.2 Å². The number of hydrogen-bond donors (Lipinski definition) is 1. The summed E-state index contributed by atoms with van der Waals surface area (Å²) < 4.78 is 53.6. The number of aryl methyl sites for hydroxylation is 1. The number of hydrogen-bond acceptors (Lipinski definition) is 7. The molecule has 3 aromatic rings. The Morgan fingerprint density at radius 1 is 1.11 bits per heavy atom. The number of nitrogens with one attached hydrogen (secondary N) is 1. The second-order valence-electron chi connectivity index (χ2n) is 5.59. The summed E-state index contributed by atoms with van der Waals surface area (Å²) in [5, 5.41) is 8.47. The highest BCUT2D eigenvalue weighted by molar-refractivity contribution is 7.99. The molecule has 0 saturated heterocycles. The van der Waals surface area contributed by atoms with E-state index in [9.17, 15) is 12.8 Å². The van der Waals surface area contributed by atoms with Gasteiger partial charge in [-0.15, -0.1) is 10.2 Å². The maximum atomic E-state index is 14.3. The average molecular weight is 424 g/mol. The van der Waals surface area contributed by atoms with Crippen molar-refractivity contribution in [3.63, 3.8) is 0 Å². The van der Waals surface area contributed by atoms with Gasteiger partial charge in [-0.25, -0.2) is 12.8 Å². The minimum absolute atomic E-state index is 0.101. The summed E-state index contributed by atoms with van der Waals surface area (Å²) in [6, 6.07) is 8.65. The lowest BCUT2D eigenvalue weighted by Gasteiger charge is -2.13. The van der Waals surface area contributed by atoms with Crippen molar-refractivity contribution in [3.05, 3.63) is 48.5 Å². The molecule has 0 aliphatic carbocycles. The molecule has 0 amide bonds. The molecule has 1 N–H and O–H groups in total. The van der Waals surface area contributed by atoms with Crippen molar-refractivity contribution >= 4 is 27.5 Å². The van der Waals surface area contributed by atoms with Crippen molar-refractivity contribution < 1.29 is 22.3 Å². The largest absolute Gasteiger partial charge is 0.493 e. The zero-order valence-corrected chi connectivity index (χ0v) is 16.8. The van der Waals surface area contributed by atoms with E-state index in [2.05, 4.69) is 14.9 Å². The molecule has 28 heavy (non-hydrogen) atoms. The van der Waals surface area contributed by atoms with Gasteiger partial charge in [-0.05, 0) is 36.0 Å². The van der Waals surface area contributed by atoms with E-state index < -0.39 is 20.7 Å². The molecule has 0 spiro atoms. The van der Waals surface area contributed by atoms with Crippen LogP contribution < -0.4 is 14.2 Å². The number of rotatable bonds is 7. The molecule has 0 fully saturated rings. The Bertz CT molecular complexity index is 1090. The molecule has 0 aliphatic heterocycles. The highest BCUT2D eigenvalue weighted by Crippen LogP contribution is 2.33. The van der Waals surface area contributed by atoms with Crippen LogP contribution >= 0.6 is 11.8 Å². The van der Waals surface area contributed by atoms with Crippen LogP contribution in [0.3, 0.4) is 0 Å². The van der Waals surface area contributed by atoms with Crippen LogP contribution in [0.5, 0.6) is 11.5 Å². The average Bonchev–Trinajstić information content (AvgIpc) is 3.07. The van der Waals surface area contributed by atoms with Crippen LogP contribution in [0, 0.1) is 5.82 Å². The minimum atomic E-state index is -4.16. The van der Waals surface area contributed by atoms with Crippen molar-refractivity contribution in [2.45, 2.75) is 14.9 Å². The van der Waals surface area contributed by atoms with E-state index in [0.717, 1.165) is 17.0 Å². The number of halogens is 1. The van der Waals surface area contributed by atoms with Gasteiger partial charge in [-0.2, -0.15) is 0 Å². The monoisotopic (exact) mass is 424 g/mol. The zero-order valence-electron chi connectivity index (χ0n) is 15.2. The molecular formula is C17H17FN4O4S2. The predicted octanol–water partition coefficient (Wildman–Crippen LogP) is 2.92. The van der Waals surface area contributed by atoms with E-state index in [1.165, 1.54) is 26.0 Å². The quantitative estimate of drug-likeness (QED) is 0.623. The molecule has 2 aromatic carbocycles. The molecule has 1 aromatic heterocycles. The van der Waals surface area contributed by atoms with E-state index in [0.29, 0.717) is 5.16 Å². The fourth-order valence-electron chi connectivity index (χ4n) is 2.31. The van der Waals surface area contributed by atoms with Crippen LogP contribution in [0.15, 0.2) is 57.7 Å². The van der Waals surface area contributed by atoms with Crippen LogP contribution in [0.4, 0.5) is 10.1 Å². The summed E-state index contributed by atoms with van der Waals surface area (Å²) >= 11 is 1.38. The first-order chi connectivity index (χ1) is 13.3. The lowest BCUT2D eigenvalue weighted by molar-refractivity contribution is 0.350. The molecule has 148 valence electrons. The van der Waals surface area contributed by atoms with Crippen LogP contribution in [0.25, 0.3) is 0 Å². The van der Waals surface area contributed by atoms with Gasteiger partial charge in [-0.3, -0.25) is 4.72 Å². The Hall–Kier alpha value is -2.79. The first-order valence-corrected chi connectivity index (χ1v) is 10.2. The number of benzene rings is 2. The third-order valence-corrected chi connectivity index (χ3v) is 6.17. The van der Waals surface area contributed by atoms with Crippen LogP contribution in [-0.2, 0) is 17.1 Å². The van der Waals surface area contributed by atoms with E-state index in [1.54, 1.807) is 35.2 Å². The Balaban J connectivity index is 1.82. The Kier molecular flexibility index (Phi) is 5.75. The van der Waals surface area contributed by atoms with Gasteiger partial charge in [0.2, 0.25) is 0 Å². The summed E-state index contributed by atoms with van der Waals surface area (Å²) in [5.41, 5.74) is 0.288.